The summed E-state index contributed by atoms with van der Waals surface area (Å²) in [7, 11) is 0. The van der Waals surface area contributed by atoms with Crippen LogP contribution < -0.4 is 10.2 Å². The molecule has 28 heavy (non-hydrogen) atoms. The molecule has 4 nitrogen and oxygen atoms in total. The molecular formula is C24H22N2O2. The molecule has 4 heteroatoms. The van der Waals surface area contributed by atoms with Gasteiger partial charge in [0.05, 0.1) is 5.71 Å². The van der Waals surface area contributed by atoms with Crippen LogP contribution in [0.5, 0.6) is 5.75 Å². The maximum absolute atomic E-state index is 12.6. The number of para-hydroxylation sites is 1. The maximum Gasteiger partial charge on any atom is 0.271 e. The van der Waals surface area contributed by atoms with E-state index in [-0.39, 0.29) is 12.0 Å². The predicted molar refractivity (Wildman–Crippen MR) is 111 cm³/mol. The topological polar surface area (TPSA) is 50.7 Å². The lowest BCUT2D eigenvalue weighted by Gasteiger charge is -2.27. The smallest absolute Gasteiger partial charge is 0.271 e. The van der Waals surface area contributed by atoms with Gasteiger partial charge in [-0.1, -0.05) is 60.2 Å². The lowest BCUT2D eigenvalue weighted by Crippen LogP contribution is -2.25. The van der Waals surface area contributed by atoms with Gasteiger partial charge in [-0.05, 0) is 43.2 Å². The number of hydrazone groups is 1. The summed E-state index contributed by atoms with van der Waals surface area (Å²) in [5, 5.41) is 4.48. The van der Waals surface area contributed by atoms with E-state index < -0.39 is 0 Å². The molecule has 0 radical (unpaired) electrons. The minimum atomic E-state index is -0.203. The molecule has 4 rings (SSSR count). The fraction of sp³-hybridized carbons (Fsp3) is 0.167. The van der Waals surface area contributed by atoms with E-state index in [0.29, 0.717) is 12.0 Å². The first kappa shape index (κ1) is 18.0. The third kappa shape index (κ3) is 3.67. The number of rotatable bonds is 3. The Labute approximate surface area is 164 Å². The number of aryl methyl sites for hydroxylation is 2. The standard InChI is InChI=1S/C24H22N2O2/c1-16-12-13-19(17(2)14-16)24(27)26-25-21-15-23(18-8-4-3-5-9-18)28-22-11-7-6-10-20(21)22/h3-14,23H,15H2,1-2H3,(H,26,27)/b25-21+. The summed E-state index contributed by atoms with van der Waals surface area (Å²) in [6.07, 6.45) is 0.460. The Kier molecular flexibility index (Phi) is 4.94. The van der Waals surface area contributed by atoms with Crippen LogP contribution in [0.3, 0.4) is 0 Å². The van der Waals surface area contributed by atoms with Crippen LogP contribution in [0.4, 0.5) is 0 Å². The number of nitrogens with one attached hydrogen (secondary N) is 1. The van der Waals surface area contributed by atoms with Gasteiger partial charge in [0.2, 0.25) is 0 Å². The Morgan fingerprint density at radius 2 is 1.75 bits per heavy atom. The van der Waals surface area contributed by atoms with Gasteiger partial charge in [-0.15, -0.1) is 0 Å². The third-order valence-electron chi connectivity index (χ3n) is 4.94. The lowest BCUT2D eigenvalue weighted by atomic mass is 9.96. The molecule has 0 saturated heterocycles. The van der Waals surface area contributed by atoms with Crippen LogP contribution in [0, 0.1) is 13.8 Å². The molecular weight excluding hydrogens is 348 g/mol. The molecule has 3 aromatic rings. The van der Waals surface area contributed by atoms with Crippen LogP contribution in [0.15, 0.2) is 77.9 Å². The van der Waals surface area contributed by atoms with Crippen LogP contribution in [0.2, 0.25) is 0 Å². The highest BCUT2D eigenvalue weighted by molar-refractivity contribution is 6.05. The van der Waals surface area contributed by atoms with E-state index in [1.165, 1.54) is 0 Å². The molecule has 0 fully saturated rings. The number of amides is 1. The van der Waals surface area contributed by atoms with Crippen molar-refractivity contribution in [2.45, 2.75) is 26.4 Å². The van der Waals surface area contributed by atoms with Gasteiger partial charge in [0.15, 0.2) is 0 Å². The van der Waals surface area contributed by atoms with Crippen molar-refractivity contribution >= 4 is 11.6 Å². The van der Waals surface area contributed by atoms with Crippen molar-refractivity contribution < 1.29 is 9.53 Å². The van der Waals surface area contributed by atoms with Crippen molar-refractivity contribution in [2.24, 2.45) is 5.10 Å². The molecule has 140 valence electrons. The first-order valence-electron chi connectivity index (χ1n) is 9.37. The van der Waals surface area contributed by atoms with Crippen LogP contribution in [-0.2, 0) is 0 Å². The van der Waals surface area contributed by atoms with E-state index in [1.807, 2.05) is 86.6 Å². The molecule has 1 unspecified atom stereocenters. The highest BCUT2D eigenvalue weighted by Gasteiger charge is 2.26. The highest BCUT2D eigenvalue weighted by atomic mass is 16.5. The van der Waals surface area contributed by atoms with E-state index in [9.17, 15) is 4.79 Å². The van der Waals surface area contributed by atoms with Crippen LogP contribution in [0.1, 0.15) is 45.1 Å². The van der Waals surface area contributed by atoms with Crippen molar-refractivity contribution in [1.29, 1.82) is 0 Å². The number of carbonyl (C=O) groups excluding carboxylic acids is 1. The molecule has 0 saturated carbocycles. The van der Waals surface area contributed by atoms with Gasteiger partial charge in [-0.25, -0.2) is 5.43 Å². The molecule has 1 N–H and O–H groups in total. The molecule has 1 amide bonds. The van der Waals surface area contributed by atoms with Gasteiger partial charge in [0.1, 0.15) is 11.9 Å². The minimum absolute atomic E-state index is 0.132. The summed E-state index contributed by atoms with van der Waals surface area (Å²) in [6.45, 7) is 3.95. The number of hydrogen-bond donors (Lipinski definition) is 1. The zero-order chi connectivity index (χ0) is 19.5. The second-order valence-electron chi connectivity index (χ2n) is 7.04. The molecule has 1 aliphatic heterocycles. The summed E-state index contributed by atoms with van der Waals surface area (Å²) in [4.78, 5) is 12.6. The number of benzene rings is 3. The summed E-state index contributed by atoms with van der Waals surface area (Å²) in [6, 6.07) is 23.6. The Morgan fingerprint density at radius 3 is 2.54 bits per heavy atom. The fourth-order valence-electron chi connectivity index (χ4n) is 3.49. The van der Waals surface area contributed by atoms with E-state index in [0.717, 1.165) is 33.7 Å². The van der Waals surface area contributed by atoms with Gasteiger partial charge in [-0.2, -0.15) is 5.10 Å². The van der Waals surface area contributed by atoms with E-state index in [2.05, 4.69) is 10.5 Å². The zero-order valence-corrected chi connectivity index (χ0v) is 16.0. The van der Waals surface area contributed by atoms with Gasteiger partial charge in [0, 0.05) is 17.5 Å². The van der Waals surface area contributed by atoms with E-state index >= 15 is 0 Å². The summed E-state index contributed by atoms with van der Waals surface area (Å²) in [5.74, 6) is 0.576. The van der Waals surface area contributed by atoms with Crippen molar-refractivity contribution in [3.63, 3.8) is 0 Å². The average molecular weight is 370 g/mol. The Morgan fingerprint density at radius 1 is 1.00 bits per heavy atom. The zero-order valence-electron chi connectivity index (χ0n) is 16.0. The average Bonchev–Trinajstić information content (AvgIpc) is 2.72. The fourth-order valence-corrected chi connectivity index (χ4v) is 3.49. The van der Waals surface area contributed by atoms with Crippen molar-refractivity contribution in [1.82, 2.24) is 5.43 Å². The molecule has 3 aromatic carbocycles. The summed E-state index contributed by atoms with van der Waals surface area (Å²) in [5.41, 5.74) is 8.25. The molecule has 1 heterocycles. The highest BCUT2D eigenvalue weighted by Crippen LogP contribution is 2.34. The number of nitrogens with zero attached hydrogens (tertiary/aromatic N) is 1. The molecule has 0 spiro atoms. The Bertz CT molecular complexity index is 1040. The molecule has 0 bridgehead atoms. The lowest BCUT2D eigenvalue weighted by molar-refractivity contribution is 0.0953. The Hall–Kier alpha value is -3.40. The van der Waals surface area contributed by atoms with Crippen LogP contribution in [-0.4, -0.2) is 11.6 Å². The normalized spacial score (nSPS) is 16.9. The van der Waals surface area contributed by atoms with Crippen molar-refractivity contribution in [3.8, 4) is 5.75 Å². The molecule has 0 aromatic heterocycles. The second-order valence-corrected chi connectivity index (χ2v) is 7.04. The molecule has 1 atom stereocenters. The number of fused-ring (bicyclic) bond motifs is 1. The summed E-state index contributed by atoms with van der Waals surface area (Å²) >= 11 is 0. The first-order valence-corrected chi connectivity index (χ1v) is 9.37. The third-order valence-corrected chi connectivity index (χ3v) is 4.94. The van der Waals surface area contributed by atoms with E-state index in [4.69, 9.17) is 4.74 Å². The van der Waals surface area contributed by atoms with Crippen molar-refractivity contribution in [3.05, 3.63) is 101 Å². The molecule has 0 aliphatic carbocycles. The predicted octanol–water partition coefficient (Wildman–Crippen LogP) is 4.96. The van der Waals surface area contributed by atoms with Crippen LogP contribution >= 0.6 is 0 Å². The maximum atomic E-state index is 12.6. The molecule has 1 aliphatic rings. The van der Waals surface area contributed by atoms with E-state index in [1.54, 1.807) is 0 Å². The van der Waals surface area contributed by atoms with Gasteiger partial charge in [-0.3, -0.25) is 4.79 Å². The van der Waals surface area contributed by atoms with Gasteiger partial charge >= 0.3 is 0 Å². The number of hydrogen-bond acceptors (Lipinski definition) is 3. The summed E-state index contributed by atoms with van der Waals surface area (Å²) < 4.78 is 6.18. The quantitative estimate of drug-likeness (QED) is 0.663. The minimum Gasteiger partial charge on any atom is -0.485 e. The first-order chi connectivity index (χ1) is 13.6. The number of ether oxygens (including phenoxy) is 1. The largest absolute Gasteiger partial charge is 0.485 e. The second kappa shape index (κ2) is 7.69. The number of carbonyl (C=O) groups is 1. The monoisotopic (exact) mass is 370 g/mol. The van der Waals surface area contributed by atoms with Gasteiger partial charge < -0.3 is 4.74 Å². The van der Waals surface area contributed by atoms with Gasteiger partial charge in [0.25, 0.3) is 5.91 Å². The Balaban J connectivity index is 1.62. The van der Waals surface area contributed by atoms with Crippen molar-refractivity contribution in [2.75, 3.05) is 0 Å². The van der Waals surface area contributed by atoms with Crippen LogP contribution in [0.25, 0.3) is 0 Å². The SMILES string of the molecule is Cc1ccc(C(=O)N/N=C2\CC(c3ccccc3)Oc3ccccc32)c(C)c1.